The molecule has 0 radical (unpaired) electrons. The van der Waals surface area contributed by atoms with Gasteiger partial charge in [-0.2, -0.15) is 0 Å². The van der Waals surface area contributed by atoms with Crippen molar-refractivity contribution >= 4 is 36.1 Å². The summed E-state index contributed by atoms with van der Waals surface area (Å²) < 4.78 is 6.19. The van der Waals surface area contributed by atoms with Crippen LogP contribution < -0.4 is 15.4 Å². The first-order chi connectivity index (χ1) is 19.9. The molecule has 11 heteroatoms. The zero-order chi connectivity index (χ0) is 29.5. The molecule has 0 unspecified atom stereocenters. The van der Waals surface area contributed by atoms with Crippen LogP contribution in [0.4, 0.5) is 0 Å². The number of likely N-dealkylation sites (tertiary alicyclic amines) is 1. The van der Waals surface area contributed by atoms with Crippen molar-refractivity contribution in [3.8, 4) is 17.1 Å². The summed E-state index contributed by atoms with van der Waals surface area (Å²) in [5.41, 5.74) is 2.62. The van der Waals surface area contributed by atoms with Gasteiger partial charge in [0, 0.05) is 54.4 Å². The van der Waals surface area contributed by atoms with Gasteiger partial charge in [0.2, 0.25) is 5.88 Å². The van der Waals surface area contributed by atoms with E-state index in [2.05, 4.69) is 43.2 Å². The quantitative estimate of drug-likeness (QED) is 0.186. The van der Waals surface area contributed by atoms with Gasteiger partial charge < -0.3 is 20.5 Å². The van der Waals surface area contributed by atoms with Gasteiger partial charge in [-0.3, -0.25) is 19.8 Å². The number of benzene rings is 1. The van der Waals surface area contributed by atoms with Crippen LogP contribution in [0.15, 0.2) is 52.3 Å². The van der Waals surface area contributed by atoms with Gasteiger partial charge in [-0.05, 0) is 89.0 Å². The number of aromatic nitrogens is 1. The largest absolute Gasteiger partial charge is 0.436 e. The molecule has 41 heavy (non-hydrogen) atoms. The first kappa shape index (κ1) is 33.1. The van der Waals surface area contributed by atoms with Crippen LogP contribution in [0.25, 0.3) is 11.3 Å². The molecule has 1 aromatic heterocycles. The molecule has 1 saturated heterocycles. The minimum atomic E-state index is 0.109. The van der Waals surface area contributed by atoms with Crippen molar-refractivity contribution in [2.45, 2.75) is 19.4 Å². The van der Waals surface area contributed by atoms with Gasteiger partial charge >= 0.3 is 0 Å². The molecule has 224 valence electrons. The Morgan fingerprint density at radius 1 is 1.12 bits per heavy atom. The van der Waals surface area contributed by atoms with E-state index in [1.165, 1.54) is 19.0 Å². The fourth-order valence-electron chi connectivity index (χ4n) is 4.85. The minimum absolute atomic E-state index is 0.109. The zero-order valence-corrected chi connectivity index (χ0v) is 25.7. The summed E-state index contributed by atoms with van der Waals surface area (Å²) in [7, 11) is 3.93. The van der Waals surface area contributed by atoms with Crippen molar-refractivity contribution in [3.05, 3.63) is 57.9 Å². The average molecular weight is 605 g/mol. The Labute approximate surface area is 254 Å². The summed E-state index contributed by atoms with van der Waals surface area (Å²) in [5.74, 6) is 1.57. The second-order valence-electron chi connectivity index (χ2n) is 10.2. The number of hydrogen-bond acceptors (Lipinski definition) is 9. The number of halogens is 2. The molecule has 0 amide bonds. The molecule has 3 rings (SSSR count). The number of aliphatic hydroxyl groups excluding tert-OH is 1. The summed E-state index contributed by atoms with van der Waals surface area (Å²) >= 11 is 12.6. The maximum atomic E-state index is 9.33. The van der Waals surface area contributed by atoms with Crippen molar-refractivity contribution in [2.24, 2.45) is 15.9 Å². The predicted molar refractivity (Wildman–Crippen MR) is 171 cm³/mol. The minimum Gasteiger partial charge on any atom is -0.436 e. The Kier molecular flexibility index (Phi) is 14.7. The van der Waals surface area contributed by atoms with Crippen LogP contribution in [-0.4, -0.2) is 106 Å². The number of aliphatic imine (C=N–C) groups is 2. The summed E-state index contributed by atoms with van der Waals surface area (Å²) in [6, 6.07) is 9.43. The van der Waals surface area contributed by atoms with E-state index in [9.17, 15) is 5.11 Å². The molecule has 1 fully saturated rings. The van der Waals surface area contributed by atoms with Crippen molar-refractivity contribution in [3.63, 3.8) is 0 Å². The summed E-state index contributed by atoms with van der Waals surface area (Å²) in [6.45, 7) is 11.2. The maximum absolute atomic E-state index is 9.33. The molecule has 2 aromatic rings. The Morgan fingerprint density at radius 3 is 2.54 bits per heavy atom. The second-order valence-corrected chi connectivity index (χ2v) is 11.0. The van der Waals surface area contributed by atoms with Crippen LogP contribution in [0.3, 0.4) is 0 Å². The number of pyridine rings is 1. The molecule has 1 aromatic carbocycles. The van der Waals surface area contributed by atoms with Gasteiger partial charge in [-0.1, -0.05) is 23.2 Å². The van der Waals surface area contributed by atoms with E-state index in [-0.39, 0.29) is 6.61 Å². The molecule has 9 nitrogen and oxygen atoms in total. The highest BCUT2D eigenvalue weighted by Crippen LogP contribution is 2.29. The monoisotopic (exact) mass is 603 g/mol. The number of nitrogens with one attached hydrogen (secondary N) is 2. The molecule has 0 spiro atoms. The van der Waals surface area contributed by atoms with Gasteiger partial charge in [0.15, 0.2) is 5.76 Å². The van der Waals surface area contributed by atoms with Crippen LogP contribution >= 0.6 is 23.2 Å². The Bertz CT molecular complexity index is 1130. The number of ether oxygens (including phenoxy) is 1. The molecular formula is C30H43Cl2N7O2. The normalized spacial score (nSPS) is 15.2. The molecule has 0 aliphatic carbocycles. The number of piperidine rings is 1. The Hall–Kier alpha value is -2.37. The maximum Gasteiger partial charge on any atom is 0.220 e. The highest BCUT2D eigenvalue weighted by atomic mass is 35.5. The molecular weight excluding hydrogens is 561 g/mol. The standard InChI is InChI=1S/C30H43Cl2N7O2/c1-33-6-10-38(12-13-40)11-7-36-21-28(20-35-3)41-30-15-24(22-39-8-4-23(5-9-39)19-34-2)14-29(37-30)25-16-26(31)18-27(32)17-25/h14-18,20-21,23,33-34,40H,3-13,19,22H2,1-2H3/b28-20+,36-21-. The van der Waals surface area contributed by atoms with Gasteiger partial charge in [-0.25, -0.2) is 4.98 Å². The molecule has 1 aliphatic rings. The summed E-state index contributed by atoms with van der Waals surface area (Å²) in [6.07, 6.45) is 5.50. The van der Waals surface area contributed by atoms with Gasteiger partial charge in [0.1, 0.15) is 0 Å². The third kappa shape index (κ3) is 11.8. The lowest BCUT2D eigenvalue weighted by atomic mass is 9.96. The summed E-state index contributed by atoms with van der Waals surface area (Å²) in [4.78, 5) is 17.8. The van der Waals surface area contributed by atoms with E-state index in [0.29, 0.717) is 47.2 Å². The van der Waals surface area contributed by atoms with E-state index in [1.54, 1.807) is 12.3 Å². The zero-order valence-electron chi connectivity index (χ0n) is 24.2. The van der Waals surface area contributed by atoms with Crippen LogP contribution in [0.5, 0.6) is 5.88 Å². The molecule has 0 saturated carbocycles. The SMILES string of the molecule is C=N/C=C(\C=N/CCN(CCO)CCNC)Oc1cc(CN2CCC(CNC)CC2)cc(-c2cc(Cl)cc(Cl)c2)n1. The lowest BCUT2D eigenvalue weighted by Crippen LogP contribution is -2.36. The van der Waals surface area contributed by atoms with E-state index >= 15 is 0 Å². The first-order valence-electron chi connectivity index (χ1n) is 14.1. The summed E-state index contributed by atoms with van der Waals surface area (Å²) in [5, 5.41) is 16.9. The molecule has 0 atom stereocenters. The topological polar surface area (TPSA) is 97.6 Å². The number of aliphatic hydroxyl groups is 1. The highest BCUT2D eigenvalue weighted by molar-refractivity contribution is 6.35. The number of rotatable bonds is 17. The second kappa shape index (κ2) is 18.2. The van der Waals surface area contributed by atoms with Crippen molar-refractivity contribution in [2.75, 3.05) is 73.1 Å². The fourth-order valence-corrected chi connectivity index (χ4v) is 5.37. The number of allylic oxidation sites excluding steroid dienone is 1. The van der Waals surface area contributed by atoms with Crippen molar-refractivity contribution < 1.29 is 9.84 Å². The van der Waals surface area contributed by atoms with Gasteiger partial charge in [0.05, 0.1) is 31.3 Å². The Morgan fingerprint density at radius 2 is 1.88 bits per heavy atom. The van der Waals surface area contributed by atoms with E-state index in [0.717, 1.165) is 56.1 Å². The smallest absolute Gasteiger partial charge is 0.220 e. The molecule has 2 heterocycles. The Balaban J connectivity index is 1.78. The third-order valence-corrected chi connectivity index (χ3v) is 7.36. The van der Waals surface area contributed by atoms with E-state index in [4.69, 9.17) is 32.9 Å². The number of likely N-dealkylation sites (N-methyl/N-ethyl adjacent to an activating group) is 1. The lowest BCUT2D eigenvalue weighted by molar-refractivity contribution is 0.176. The van der Waals surface area contributed by atoms with E-state index in [1.807, 2.05) is 32.3 Å². The van der Waals surface area contributed by atoms with Crippen molar-refractivity contribution in [1.82, 2.24) is 25.4 Å². The van der Waals surface area contributed by atoms with Crippen LogP contribution in [0.2, 0.25) is 10.0 Å². The highest BCUT2D eigenvalue weighted by Gasteiger charge is 2.19. The van der Waals surface area contributed by atoms with Crippen LogP contribution in [0, 0.1) is 5.92 Å². The molecule has 1 aliphatic heterocycles. The van der Waals surface area contributed by atoms with Gasteiger partial charge in [-0.15, -0.1) is 0 Å². The molecule has 0 bridgehead atoms. The van der Waals surface area contributed by atoms with E-state index < -0.39 is 0 Å². The predicted octanol–water partition coefficient (Wildman–Crippen LogP) is 3.99. The first-order valence-corrected chi connectivity index (χ1v) is 14.9. The lowest BCUT2D eigenvalue weighted by Gasteiger charge is -2.32. The third-order valence-electron chi connectivity index (χ3n) is 6.93. The fraction of sp³-hybridized carbons (Fsp3) is 0.500. The average Bonchev–Trinajstić information content (AvgIpc) is 2.94. The van der Waals surface area contributed by atoms with Crippen LogP contribution in [0.1, 0.15) is 18.4 Å². The number of hydrogen-bond donors (Lipinski definition) is 3. The van der Waals surface area contributed by atoms with Crippen LogP contribution in [-0.2, 0) is 6.54 Å². The molecule has 3 N–H and O–H groups in total. The number of nitrogens with zero attached hydrogens (tertiary/aromatic N) is 5. The van der Waals surface area contributed by atoms with Gasteiger partial charge in [0.25, 0.3) is 0 Å². The van der Waals surface area contributed by atoms with Crippen molar-refractivity contribution in [1.29, 1.82) is 0 Å².